The Morgan fingerprint density at radius 3 is 2.65 bits per heavy atom. The molecule has 3 aromatic rings. The van der Waals surface area contributed by atoms with Crippen molar-refractivity contribution in [3.63, 3.8) is 0 Å². The van der Waals surface area contributed by atoms with Crippen LogP contribution in [-0.2, 0) is 22.7 Å². The van der Waals surface area contributed by atoms with E-state index in [0.717, 1.165) is 6.07 Å². The molecule has 5 rings (SSSR count). The average molecular weight is 425 g/mol. The van der Waals surface area contributed by atoms with Gasteiger partial charge in [0.15, 0.2) is 6.20 Å². The fourth-order valence-electron chi connectivity index (χ4n) is 5.83. The molecule has 1 aromatic carbocycles. The summed E-state index contributed by atoms with van der Waals surface area (Å²) in [5.74, 6) is -0.973. The Kier molecular flexibility index (Phi) is 4.13. The maximum Gasteiger partial charge on any atom is 0.408 e. The highest BCUT2D eigenvalue weighted by Crippen LogP contribution is 2.57. The SMILES string of the molecule is CCC1(C)c2cc(F)cc(F)c2-c2n(cc[n+]2C)[C@@]1(CC)[C@H]1OC(=O)c2cccc[n+]21. The lowest BCUT2D eigenvalue weighted by molar-refractivity contribution is -0.759. The molecule has 2 aliphatic heterocycles. The number of rotatable bonds is 3. The Labute approximate surface area is 179 Å². The number of nitrogens with zero attached hydrogens (tertiary/aromatic N) is 3. The quantitative estimate of drug-likeness (QED) is 0.474. The summed E-state index contributed by atoms with van der Waals surface area (Å²) in [5.41, 5.74) is -0.0809. The topological polar surface area (TPSA) is 39.0 Å². The van der Waals surface area contributed by atoms with Crippen molar-refractivity contribution in [1.82, 2.24) is 4.57 Å². The molecule has 0 radical (unpaired) electrons. The molecule has 2 aromatic heterocycles. The minimum atomic E-state index is -0.807. The van der Waals surface area contributed by atoms with E-state index in [0.29, 0.717) is 35.5 Å². The Hall–Kier alpha value is -3.09. The van der Waals surface area contributed by atoms with Crippen LogP contribution in [0.3, 0.4) is 0 Å². The van der Waals surface area contributed by atoms with Crippen molar-refractivity contribution in [3.8, 4) is 11.4 Å². The number of ether oxygens (including phenoxy) is 1. The third-order valence-electron chi connectivity index (χ3n) is 7.49. The maximum absolute atomic E-state index is 15.2. The Morgan fingerprint density at radius 2 is 1.94 bits per heavy atom. The van der Waals surface area contributed by atoms with Crippen LogP contribution >= 0.6 is 0 Å². The van der Waals surface area contributed by atoms with Crippen LogP contribution < -0.4 is 9.13 Å². The minimum absolute atomic E-state index is 0.393. The normalized spacial score (nSPS) is 26.3. The lowest BCUT2D eigenvalue weighted by Gasteiger charge is -2.48. The fraction of sp³-hybridized carbons (Fsp3) is 0.375. The smallest absolute Gasteiger partial charge is 0.390 e. The molecule has 7 heteroatoms. The molecular formula is C24H25F2N3O2+2. The van der Waals surface area contributed by atoms with Gasteiger partial charge < -0.3 is 4.74 Å². The molecular weight excluding hydrogens is 400 g/mol. The van der Waals surface area contributed by atoms with E-state index in [1.807, 2.05) is 66.2 Å². The van der Waals surface area contributed by atoms with E-state index in [9.17, 15) is 9.18 Å². The van der Waals surface area contributed by atoms with E-state index < -0.39 is 34.8 Å². The van der Waals surface area contributed by atoms with Gasteiger partial charge in [0.2, 0.25) is 5.54 Å². The third kappa shape index (κ3) is 2.26. The molecule has 0 saturated heterocycles. The predicted octanol–water partition coefficient (Wildman–Crippen LogP) is 3.70. The number of halogens is 2. The molecule has 5 nitrogen and oxygen atoms in total. The molecule has 0 aliphatic carbocycles. The average Bonchev–Trinajstić information content (AvgIpc) is 3.30. The van der Waals surface area contributed by atoms with Crippen LogP contribution in [-0.4, -0.2) is 10.5 Å². The summed E-state index contributed by atoms with van der Waals surface area (Å²) in [6, 6.07) is 7.77. The summed E-state index contributed by atoms with van der Waals surface area (Å²) in [7, 11) is 1.84. The number of hydrogen-bond acceptors (Lipinski definition) is 2. The van der Waals surface area contributed by atoms with Crippen LogP contribution in [0.2, 0.25) is 0 Å². The standard InChI is InChI=1S/C24H25F2N3O2/c1-5-23(3)16-13-15(25)14-17(26)19(16)20-27(4)11-12-29(20)24(23,6-2)22-28-10-8-7-9-18(28)21(30)31-22/h7-14,22H,5-6H2,1-4H3/q+2/t22-,23?,24+/m1/s1. The maximum atomic E-state index is 15.2. The van der Waals surface area contributed by atoms with Crippen LogP contribution in [0, 0.1) is 11.6 Å². The van der Waals surface area contributed by atoms with Crippen LogP contribution in [0.25, 0.3) is 11.4 Å². The number of pyridine rings is 1. The number of cyclic esters (lactones) is 1. The highest BCUT2D eigenvalue weighted by molar-refractivity contribution is 5.86. The molecule has 2 aliphatic rings. The second-order valence-electron chi connectivity index (χ2n) is 8.63. The summed E-state index contributed by atoms with van der Waals surface area (Å²) < 4.78 is 41.5. The van der Waals surface area contributed by atoms with Crippen molar-refractivity contribution in [2.45, 2.75) is 50.8 Å². The monoisotopic (exact) mass is 425 g/mol. The van der Waals surface area contributed by atoms with E-state index in [4.69, 9.17) is 4.74 Å². The molecule has 0 N–H and O–H groups in total. The second kappa shape index (κ2) is 6.45. The van der Waals surface area contributed by atoms with Crippen molar-refractivity contribution < 1.29 is 27.4 Å². The molecule has 31 heavy (non-hydrogen) atoms. The van der Waals surface area contributed by atoms with Gasteiger partial charge in [-0.1, -0.05) is 20.8 Å². The Bertz CT molecular complexity index is 1240. The highest BCUT2D eigenvalue weighted by atomic mass is 19.1. The number of carbonyl (C=O) groups excluding carboxylic acids is 1. The molecule has 3 atom stereocenters. The van der Waals surface area contributed by atoms with Gasteiger partial charge in [0.25, 0.3) is 11.5 Å². The predicted molar refractivity (Wildman–Crippen MR) is 108 cm³/mol. The van der Waals surface area contributed by atoms with Crippen LogP contribution in [0.1, 0.15) is 55.9 Å². The van der Waals surface area contributed by atoms with Gasteiger partial charge in [-0.2, -0.15) is 0 Å². The van der Waals surface area contributed by atoms with Gasteiger partial charge in [0, 0.05) is 23.6 Å². The van der Waals surface area contributed by atoms with Gasteiger partial charge >= 0.3 is 12.2 Å². The zero-order valence-electron chi connectivity index (χ0n) is 18.0. The molecule has 160 valence electrons. The number of imidazole rings is 1. The number of fused-ring (bicyclic) bond motifs is 4. The first-order valence-electron chi connectivity index (χ1n) is 10.6. The molecule has 0 fully saturated rings. The molecule has 4 heterocycles. The van der Waals surface area contributed by atoms with Crippen molar-refractivity contribution in [1.29, 1.82) is 0 Å². The van der Waals surface area contributed by atoms with E-state index in [-0.39, 0.29) is 0 Å². The summed E-state index contributed by atoms with van der Waals surface area (Å²) >= 11 is 0. The summed E-state index contributed by atoms with van der Waals surface area (Å²) in [4.78, 5) is 12.8. The molecule has 0 saturated carbocycles. The van der Waals surface area contributed by atoms with Gasteiger partial charge in [0.1, 0.15) is 29.6 Å². The van der Waals surface area contributed by atoms with Crippen molar-refractivity contribution in [2.75, 3.05) is 0 Å². The summed E-state index contributed by atoms with van der Waals surface area (Å²) in [5, 5.41) is 0. The van der Waals surface area contributed by atoms with Crippen LogP contribution in [0.4, 0.5) is 8.78 Å². The van der Waals surface area contributed by atoms with Gasteiger partial charge in [-0.15, -0.1) is 4.57 Å². The Morgan fingerprint density at radius 1 is 1.16 bits per heavy atom. The number of hydrogen-bond donors (Lipinski definition) is 0. The number of carbonyl (C=O) groups is 1. The van der Waals surface area contributed by atoms with Crippen LogP contribution in [0.5, 0.6) is 0 Å². The van der Waals surface area contributed by atoms with E-state index in [1.54, 1.807) is 12.1 Å². The van der Waals surface area contributed by atoms with E-state index in [2.05, 4.69) is 0 Å². The van der Waals surface area contributed by atoms with Gasteiger partial charge in [-0.25, -0.2) is 22.7 Å². The van der Waals surface area contributed by atoms with Crippen molar-refractivity contribution in [3.05, 3.63) is 71.8 Å². The first-order valence-corrected chi connectivity index (χ1v) is 10.6. The molecule has 1 unspecified atom stereocenters. The van der Waals surface area contributed by atoms with Crippen molar-refractivity contribution >= 4 is 5.97 Å². The fourth-order valence-corrected chi connectivity index (χ4v) is 5.83. The lowest BCUT2D eigenvalue weighted by Crippen LogP contribution is -2.64. The zero-order valence-corrected chi connectivity index (χ0v) is 18.0. The van der Waals surface area contributed by atoms with Gasteiger partial charge in [0.05, 0.1) is 7.05 Å². The molecule has 0 bridgehead atoms. The number of benzene rings is 1. The second-order valence-corrected chi connectivity index (χ2v) is 8.63. The number of esters is 1. The van der Waals surface area contributed by atoms with Crippen molar-refractivity contribution in [2.24, 2.45) is 7.05 Å². The highest BCUT2D eigenvalue weighted by Gasteiger charge is 2.69. The Balaban J connectivity index is 1.91. The van der Waals surface area contributed by atoms with Gasteiger partial charge in [-0.05, 0) is 30.5 Å². The number of aryl methyl sites for hydroxylation is 1. The molecule has 0 spiro atoms. The van der Waals surface area contributed by atoms with Crippen LogP contribution in [0.15, 0.2) is 48.9 Å². The van der Waals surface area contributed by atoms with E-state index >= 15 is 4.39 Å². The summed E-state index contributed by atoms with van der Waals surface area (Å²) in [6.07, 6.45) is 6.11. The van der Waals surface area contributed by atoms with E-state index in [1.165, 1.54) is 6.07 Å². The molecule has 0 amide bonds. The van der Waals surface area contributed by atoms with Gasteiger partial charge in [-0.3, -0.25) is 0 Å². The first kappa shape index (κ1) is 19.8. The third-order valence-corrected chi connectivity index (χ3v) is 7.49. The lowest BCUT2D eigenvalue weighted by atomic mass is 9.59. The summed E-state index contributed by atoms with van der Waals surface area (Å²) in [6.45, 7) is 6.07. The zero-order chi connectivity index (χ0) is 22.1. The largest absolute Gasteiger partial charge is 0.408 e. The minimum Gasteiger partial charge on any atom is -0.390 e. The number of aromatic nitrogens is 3. The first-order chi connectivity index (χ1) is 14.8.